The molecule has 1 unspecified atom stereocenters. The summed E-state index contributed by atoms with van der Waals surface area (Å²) in [5, 5.41) is 9.92. The molecule has 2 aromatic rings. The highest BCUT2D eigenvalue weighted by molar-refractivity contribution is 8.13. The summed E-state index contributed by atoms with van der Waals surface area (Å²) in [5.41, 5.74) is 9.72. The van der Waals surface area contributed by atoms with E-state index in [-0.39, 0.29) is 11.6 Å². The molecule has 2 heterocycles. The van der Waals surface area contributed by atoms with Crippen LogP contribution < -0.4 is 10.5 Å². The first-order valence-electron chi connectivity index (χ1n) is 10.3. The van der Waals surface area contributed by atoms with Crippen LogP contribution in [0.15, 0.2) is 71.8 Å². The summed E-state index contributed by atoms with van der Waals surface area (Å²) in [5.74, 6) is 2.20. The van der Waals surface area contributed by atoms with Crippen molar-refractivity contribution in [3.05, 3.63) is 77.9 Å². The average molecular weight is 414 g/mol. The van der Waals surface area contributed by atoms with E-state index in [0.717, 1.165) is 47.5 Å². The van der Waals surface area contributed by atoms with E-state index in [9.17, 15) is 5.26 Å². The van der Waals surface area contributed by atoms with E-state index in [4.69, 9.17) is 15.5 Å². The lowest BCUT2D eigenvalue weighted by Crippen LogP contribution is -2.43. The number of fused-ring (bicyclic) bond motifs is 2. The second-order valence-corrected chi connectivity index (χ2v) is 9.17. The number of thioether (sulfide) groups is 1. The number of nitrogens with two attached hydrogens (primary N) is 1. The first-order chi connectivity index (χ1) is 14.7. The van der Waals surface area contributed by atoms with Gasteiger partial charge in [-0.2, -0.15) is 5.26 Å². The van der Waals surface area contributed by atoms with Crippen LogP contribution in [0.25, 0.3) is 11.1 Å². The molecule has 30 heavy (non-hydrogen) atoms. The van der Waals surface area contributed by atoms with E-state index in [1.54, 1.807) is 11.8 Å². The van der Waals surface area contributed by atoms with Gasteiger partial charge in [0.25, 0.3) is 0 Å². The number of nitrogens with zero attached hydrogens (tertiary/aromatic N) is 2. The first-order valence-corrected chi connectivity index (χ1v) is 11.3. The number of nitriles is 1. The summed E-state index contributed by atoms with van der Waals surface area (Å²) in [4.78, 5) is 5.01. The van der Waals surface area contributed by atoms with Crippen LogP contribution in [-0.4, -0.2) is 17.0 Å². The molecule has 0 amide bonds. The van der Waals surface area contributed by atoms with Crippen molar-refractivity contribution in [3.8, 4) is 22.9 Å². The van der Waals surface area contributed by atoms with Gasteiger partial charge in [0.2, 0.25) is 0 Å². The third-order valence-corrected chi connectivity index (χ3v) is 7.00. The lowest BCUT2D eigenvalue weighted by atomic mass is 9.75. The van der Waals surface area contributed by atoms with Crippen LogP contribution in [0.2, 0.25) is 0 Å². The quantitative estimate of drug-likeness (QED) is 0.738. The van der Waals surface area contributed by atoms with Gasteiger partial charge in [0, 0.05) is 23.7 Å². The van der Waals surface area contributed by atoms with E-state index in [2.05, 4.69) is 48.6 Å². The lowest BCUT2D eigenvalue weighted by Gasteiger charge is -2.43. The Morgan fingerprint density at radius 3 is 2.87 bits per heavy atom. The smallest absolute Gasteiger partial charge is 0.154 e. The molecule has 0 radical (unpaired) electrons. The Kier molecular flexibility index (Phi) is 4.88. The Labute approximate surface area is 181 Å². The van der Waals surface area contributed by atoms with Gasteiger partial charge in [0.05, 0.1) is 17.2 Å². The minimum Gasteiger partial charge on any atom is -0.489 e. The Balaban J connectivity index is 1.60. The summed E-state index contributed by atoms with van der Waals surface area (Å²) in [6, 6.07) is 16.3. The van der Waals surface area contributed by atoms with Crippen molar-refractivity contribution in [3.63, 3.8) is 0 Å². The maximum absolute atomic E-state index is 9.27. The van der Waals surface area contributed by atoms with Gasteiger partial charge < -0.3 is 10.5 Å². The minimum absolute atomic E-state index is 0.0751. The highest BCUT2D eigenvalue weighted by atomic mass is 32.2. The van der Waals surface area contributed by atoms with Crippen LogP contribution in [-0.2, 0) is 5.54 Å². The number of benzene rings is 2. The first kappa shape index (κ1) is 19.0. The van der Waals surface area contributed by atoms with E-state index >= 15 is 0 Å². The highest BCUT2D eigenvalue weighted by Crippen LogP contribution is 2.50. The molecule has 3 atom stereocenters. The van der Waals surface area contributed by atoms with Gasteiger partial charge in [0.1, 0.15) is 11.9 Å². The van der Waals surface area contributed by atoms with Gasteiger partial charge in [0.15, 0.2) is 5.17 Å². The SMILES string of the molecule is N#Cc1cccc(-c2ccc3c(c2)[C@@]2(CCSC(N)=N2)C[C@H](C2C=CC=CC2)O3)c1. The standard InChI is InChI=1S/C25H23N3OS/c26-16-17-5-4-8-19(13-17)20-9-10-22-21(14-20)25(11-12-30-24(27)28-25)15-23(29-22)18-6-2-1-3-7-18/h1-6,8-10,13-14,18,23H,7,11-12,15H2,(H2,27,28)/t18?,23-,25-/m1/s1. The maximum atomic E-state index is 9.27. The zero-order valence-corrected chi connectivity index (χ0v) is 17.4. The molecule has 0 fully saturated rings. The van der Waals surface area contributed by atoms with Crippen molar-refractivity contribution in [2.45, 2.75) is 30.9 Å². The number of hydrogen-bond acceptors (Lipinski definition) is 5. The topological polar surface area (TPSA) is 71.4 Å². The maximum Gasteiger partial charge on any atom is 0.154 e. The highest BCUT2D eigenvalue weighted by Gasteiger charge is 2.45. The van der Waals surface area contributed by atoms with E-state index in [1.165, 1.54) is 0 Å². The van der Waals surface area contributed by atoms with Gasteiger partial charge >= 0.3 is 0 Å². The van der Waals surface area contributed by atoms with Crippen LogP contribution in [0.4, 0.5) is 0 Å². The third-order valence-electron chi connectivity index (χ3n) is 6.20. The predicted octanol–water partition coefficient (Wildman–Crippen LogP) is 5.16. The second-order valence-electron chi connectivity index (χ2n) is 8.06. The number of rotatable bonds is 2. The summed E-state index contributed by atoms with van der Waals surface area (Å²) >= 11 is 1.63. The fourth-order valence-corrected chi connectivity index (χ4v) is 5.56. The van der Waals surface area contributed by atoms with Crippen molar-refractivity contribution < 1.29 is 4.74 Å². The van der Waals surface area contributed by atoms with Crippen LogP contribution in [0, 0.1) is 17.2 Å². The van der Waals surface area contributed by atoms with Gasteiger partial charge in [-0.15, -0.1) is 0 Å². The van der Waals surface area contributed by atoms with Crippen molar-refractivity contribution in [1.82, 2.24) is 0 Å². The molecule has 2 N–H and O–H groups in total. The molecule has 4 nitrogen and oxygen atoms in total. The van der Waals surface area contributed by atoms with E-state index in [1.807, 2.05) is 24.3 Å². The molecule has 0 saturated carbocycles. The van der Waals surface area contributed by atoms with Crippen molar-refractivity contribution >= 4 is 16.9 Å². The Morgan fingerprint density at radius 1 is 1.17 bits per heavy atom. The molecule has 0 aromatic heterocycles. The molecule has 1 aliphatic carbocycles. The fraction of sp³-hybridized carbons (Fsp3) is 0.280. The van der Waals surface area contributed by atoms with Gasteiger partial charge in [-0.3, -0.25) is 4.99 Å². The molecule has 5 rings (SSSR count). The summed E-state index contributed by atoms with van der Waals surface area (Å²) in [7, 11) is 0. The Hall–Kier alpha value is -2.97. The number of allylic oxidation sites excluding steroid dienone is 3. The Bertz CT molecular complexity index is 1110. The summed E-state index contributed by atoms with van der Waals surface area (Å²) in [6.45, 7) is 0. The van der Waals surface area contributed by atoms with E-state index < -0.39 is 0 Å². The number of amidine groups is 1. The molecule has 2 aliphatic heterocycles. The van der Waals surface area contributed by atoms with Crippen LogP contribution >= 0.6 is 11.8 Å². The van der Waals surface area contributed by atoms with Crippen LogP contribution in [0.1, 0.15) is 30.4 Å². The average Bonchev–Trinajstić information content (AvgIpc) is 2.79. The molecular weight excluding hydrogens is 390 g/mol. The molecule has 150 valence electrons. The minimum atomic E-state index is -0.356. The number of ether oxygens (including phenoxy) is 1. The van der Waals surface area contributed by atoms with Crippen molar-refractivity contribution in [1.29, 1.82) is 5.26 Å². The van der Waals surface area contributed by atoms with Crippen molar-refractivity contribution in [2.24, 2.45) is 16.6 Å². The molecule has 1 spiro atoms. The largest absolute Gasteiger partial charge is 0.489 e. The van der Waals surface area contributed by atoms with Gasteiger partial charge in [-0.25, -0.2) is 0 Å². The lowest BCUT2D eigenvalue weighted by molar-refractivity contribution is 0.0887. The van der Waals surface area contributed by atoms with Crippen LogP contribution in [0.3, 0.4) is 0 Å². The molecular formula is C25H23N3OS. The number of aliphatic imine (C=N–C) groups is 1. The zero-order valence-electron chi connectivity index (χ0n) is 16.6. The molecule has 0 bridgehead atoms. The van der Waals surface area contributed by atoms with Gasteiger partial charge in [-0.1, -0.05) is 54.3 Å². The monoisotopic (exact) mass is 413 g/mol. The molecule has 5 heteroatoms. The predicted molar refractivity (Wildman–Crippen MR) is 122 cm³/mol. The van der Waals surface area contributed by atoms with E-state index in [0.29, 0.717) is 16.6 Å². The summed E-state index contributed by atoms with van der Waals surface area (Å²) in [6.07, 6.45) is 11.5. The zero-order chi connectivity index (χ0) is 20.6. The molecule has 0 saturated heterocycles. The number of hydrogen-bond donors (Lipinski definition) is 1. The summed E-state index contributed by atoms with van der Waals surface area (Å²) < 4.78 is 6.52. The van der Waals surface area contributed by atoms with Gasteiger partial charge in [-0.05, 0) is 48.2 Å². The fourth-order valence-electron chi connectivity index (χ4n) is 4.67. The van der Waals surface area contributed by atoms with Crippen LogP contribution in [0.5, 0.6) is 5.75 Å². The Morgan fingerprint density at radius 2 is 2.07 bits per heavy atom. The normalized spacial score (nSPS) is 27.1. The third kappa shape index (κ3) is 3.42. The molecule has 2 aromatic carbocycles. The second kappa shape index (κ2) is 7.70. The van der Waals surface area contributed by atoms with Crippen molar-refractivity contribution in [2.75, 3.05) is 5.75 Å². The molecule has 3 aliphatic rings.